The van der Waals surface area contributed by atoms with E-state index in [2.05, 4.69) is 0 Å². The third-order valence-electron chi connectivity index (χ3n) is 1.60. The number of nitrogens with two attached hydrogens (primary N) is 1. The molecular weight excluding hydrogens is 142 g/mol. The molecule has 0 aromatic heterocycles. The predicted octanol–water partition coefficient (Wildman–Crippen LogP) is 1.07. The van der Waals surface area contributed by atoms with Crippen molar-refractivity contribution in [2.24, 2.45) is 5.73 Å². The van der Waals surface area contributed by atoms with Crippen LogP contribution in [-0.4, -0.2) is 17.6 Å². The Labute approximate surface area is 67.9 Å². The van der Waals surface area contributed by atoms with Crippen LogP contribution in [0.4, 0.5) is 0 Å². The number of esters is 1. The molecule has 66 valence electrons. The second-order valence-electron chi connectivity index (χ2n) is 3.32. The fourth-order valence-electron chi connectivity index (χ4n) is 0.437. The molecular formula is C8H17NO2. The molecule has 11 heavy (non-hydrogen) atoms. The van der Waals surface area contributed by atoms with Crippen LogP contribution in [0, 0.1) is 0 Å². The summed E-state index contributed by atoms with van der Waals surface area (Å²) in [5.41, 5.74) is 4.94. The number of hydrogen-bond donors (Lipinski definition) is 1. The number of rotatable bonds is 3. The number of carbonyl (C=O) groups excluding carboxylic acids is 1. The smallest absolute Gasteiger partial charge is 0.323 e. The molecule has 0 rings (SSSR count). The Kier molecular flexibility index (Phi) is 3.52. The summed E-state index contributed by atoms with van der Waals surface area (Å²) < 4.78 is 5.08. The minimum absolute atomic E-state index is 0.336. The molecule has 0 fully saturated rings. The Morgan fingerprint density at radius 3 is 2.36 bits per heavy atom. The summed E-state index contributed by atoms with van der Waals surface area (Å²) in [5.74, 6) is -0.336. The summed E-state index contributed by atoms with van der Waals surface area (Å²) in [6, 6.07) is -0.527. The van der Waals surface area contributed by atoms with Gasteiger partial charge in [-0.05, 0) is 27.2 Å². The average molecular weight is 159 g/mol. The lowest BCUT2D eigenvalue weighted by Crippen LogP contribution is -2.36. The highest BCUT2D eigenvalue weighted by atomic mass is 16.6. The molecule has 3 heteroatoms. The van der Waals surface area contributed by atoms with Gasteiger partial charge in [-0.15, -0.1) is 0 Å². The molecule has 0 radical (unpaired) electrons. The Morgan fingerprint density at radius 2 is 2.09 bits per heavy atom. The van der Waals surface area contributed by atoms with E-state index in [0.717, 1.165) is 6.42 Å². The first-order valence-corrected chi connectivity index (χ1v) is 3.87. The van der Waals surface area contributed by atoms with E-state index in [-0.39, 0.29) is 11.6 Å². The third-order valence-corrected chi connectivity index (χ3v) is 1.60. The Bertz CT molecular complexity index is 141. The lowest BCUT2D eigenvalue weighted by Gasteiger charge is -2.24. The molecule has 0 aliphatic rings. The maximum Gasteiger partial charge on any atom is 0.323 e. The SMILES string of the molecule is CCC(C)(C)OC(=O)[C@H](C)N. The molecule has 0 unspecified atom stereocenters. The van der Waals surface area contributed by atoms with E-state index < -0.39 is 6.04 Å². The second kappa shape index (κ2) is 3.72. The van der Waals surface area contributed by atoms with E-state index in [1.54, 1.807) is 6.92 Å². The standard InChI is InChI=1S/C8H17NO2/c1-5-8(3,4)11-7(10)6(2)9/h6H,5,9H2,1-4H3/t6-/m0/s1. The minimum Gasteiger partial charge on any atom is -0.459 e. The van der Waals surface area contributed by atoms with Crippen molar-refractivity contribution in [1.29, 1.82) is 0 Å². The predicted molar refractivity (Wildman–Crippen MR) is 44.1 cm³/mol. The van der Waals surface area contributed by atoms with Crippen molar-refractivity contribution in [3.8, 4) is 0 Å². The summed E-state index contributed by atoms with van der Waals surface area (Å²) in [5, 5.41) is 0. The van der Waals surface area contributed by atoms with E-state index in [1.807, 2.05) is 20.8 Å². The summed E-state index contributed by atoms with van der Waals surface area (Å²) in [7, 11) is 0. The van der Waals surface area contributed by atoms with Gasteiger partial charge in [-0.2, -0.15) is 0 Å². The zero-order valence-electron chi connectivity index (χ0n) is 7.68. The van der Waals surface area contributed by atoms with Crippen molar-refractivity contribution in [2.45, 2.75) is 45.8 Å². The highest BCUT2D eigenvalue weighted by Crippen LogP contribution is 2.13. The molecule has 0 aliphatic carbocycles. The van der Waals surface area contributed by atoms with Gasteiger partial charge >= 0.3 is 5.97 Å². The summed E-state index contributed by atoms with van der Waals surface area (Å²) in [6.45, 7) is 7.32. The minimum atomic E-state index is -0.527. The average Bonchev–Trinajstić information content (AvgIpc) is 1.87. The monoisotopic (exact) mass is 159 g/mol. The van der Waals surface area contributed by atoms with Crippen molar-refractivity contribution in [1.82, 2.24) is 0 Å². The normalized spacial score (nSPS) is 14.3. The van der Waals surface area contributed by atoms with E-state index in [1.165, 1.54) is 0 Å². The fourth-order valence-corrected chi connectivity index (χ4v) is 0.437. The van der Waals surface area contributed by atoms with Crippen LogP contribution in [0.25, 0.3) is 0 Å². The summed E-state index contributed by atoms with van der Waals surface area (Å²) >= 11 is 0. The van der Waals surface area contributed by atoms with E-state index in [0.29, 0.717) is 0 Å². The van der Waals surface area contributed by atoms with Gasteiger partial charge in [-0.25, -0.2) is 0 Å². The van der Waals surface area contributed by atoms with Crippen molar-refractivity contribution < 1.29 is 9.53 Å². The second-order valence-corrected chi connectivity index (χ2v) is 3.32. The molecule has 0 aromatic carbocycles. The first kappa shape index (κ1) is 10.4. The first-order chi connectivity index (χ1) is 4.89. The first-order valence-electron chi connectivity index (χ1n) is 3.87. The molecule has 1 atom stereocenters. The Balaban J connectivity index is 3.94. The molecule has 2 N–H and O–H groups in total. The van der Waals surface area contributed by atoms with E-state index in [9.17, 15) is 4.79 Å². The third kappa shape index (κ3) is 3.98. The van der Waals surface area contributed by atoms with Crippen LogP contribution < -0.4 is 5.73 Å². The lowest BCUT2D eigenvalue weighted by atomic mass is 10.1. The molecule has 0 spiro atoms. The molecule has 0 saturated heterocycles. The summed E-state index contributed by atoms with van der Waals surface area (Å²) in [4.78, 5) is 11.0. The maximum atomic E-state index is 11.0. The zero-order valence-corrected chi connectivity index (χ0v) is 7.68. The van der Waals surface area contributed by atoms with Crippen LogP contribution in [-0.2, 0) is 9.53 Å². The van der Waals surface area contributed by atoms with Gasteiger partial charge < -0.3 is 10.5 Å². The summed E-state index contributed by atoms with van der Waals surface area (Å²) in [6.07, 6.45) is 0.797. The zero-order chi connectivity index (χ0) is 9.07. The van der Waals surface area contributed by atoms with Crippen molar-refractivity contribution in [2.75, 3.05) is 0 Å². The van der Waals surface area contributed by atoms with Gasteiger partial charge in [-0.3, -0.25) is 4.79 Å². The van der Waals surface area contributed by atoms with Gasteiger partial charge in [0, 0.05) is 0 Å². The fraction of sp³-hybridized carbons (Fsp3) is 0.875. The molecule has 0 aliphatic heterocycles. The van der Waals surface area contributed by atoms with E-state index in [4.69, 9.17) is 10.5 Å². The maximum absolute atomic E-state index is 11.0. The van der Waals surface area contributed by atoms with Crippen LogP contribution in [0.2, 0.25) is 0 Å². The van der Waals surface area contributed by atoms with Crippen molar-refractivity contribution >= 4 is 5.97 Å². The van der Waals surface area contributed by atoms with Gasteiger partial charge in [0.15, 0.2) is 0 Å². The van der Waals surface area contributed by atoms with Gasteiger partial charge in [0.05, 0.1) is 0 Å². The van der Waals surface area contributed by atoms with Crippen LogP contribution in [0.15, 0.2) is 0 Å². The number of hydrogen-bond acceptors (Lipinski definition) is 3. The highest BCUT2D eigenvalue weighted by molar-refractivity contribution is 5.75. The van der Waals surface area contributed by atoms with Gasteiger partial charge in [0.2, 0.25) is 0 Å². The molecule has 0 aromatic rings. The lowest BCUT2D eigenvalue weighted by molar-refractivity contribution is -0.157. The van der Waals surface area contributed by atoms with Crippen LogP contribution in [0.5, 0.6) is 0 Å². The van der Waals surface area contributed by atoms with Gasteiger partial charge in [-0.1, -0.05) is 6.92 Å². The number of carbonyl (C=O) groups is 1. The Morgan fingerprint density at radius 1 is 1.64 bits per heavy atom. The highest BCUT2D eigenvalue weighted by Gasteiger charge is 2.21. The topological polar surface area (TPSA) is 52.3 Å². The van der Waals surface area contributed by atoms with Gasteiger partial charge in [0.25, 0.3) is 0 Å². The van der Waals surface area contributed by atoms with Crippen molar-refractivity contribution in [3.63, 3.8) is 0 Å². The van der Waals surface area contributed by atoms with Crippen LogP contribution in [0.1, 0.15) is 34.1 Å². The number of ether oxygens (including phenoxy) is 1. The van der Waals surface area contributed by atoms with Crippen molar-refractivity contribution in [3.05, 3.63) is 0 Å². The molecule has 3 nitrogen and oxygen atoms in total. The quantitative estimate of drug-likeness (QED) is 0.626. The largest absolute Gasteiger partial charge is 0.459 e. The Hall–Kier alpha value is -0.570. The molecule has 0 heterocycles. The van der Waals surface area contributed by atoms with Gasteiger partial charge in [0.1, 0.15) is 11.6 Å². The van der Waals surface area contributed by atoms with Crippen LogP contribution in [0.3, 0.4) is 0 Å². The van der Waals surface area contributed by atoms with E-state index >= 15 is 0 Å². The van der Waals surface area contributed by atoms with Crippen LogP contribution >= 0.6 is 0 Å². The molecule has 0 amide bonds. The molecule has 0 saturated carbocycles. The molecule has 0 bridgehead atoms.